The third kappa shape index (κ3) is 6.03. The minimum atomic E-state index is -4.62. The van der Waals surface area contributed by atoms with Crippen molar-refractivity contribution < 1.29 is 27.4 Å². The predicted octanol–water partition coefficient (Wildman–Crippen LogP) is 2.55. The van der Waals surface area contributed by atoms with Crippen molar-refractivity contribution in [3.8, 4) is 0 Å². The standard InChI is InChI=1S/C25H30ClF3N6O3/c26-18-2-3-19-17(1-4-21(33-19)35-7-11-38-12-8-35)22(18)23(36)30-15-20(34-5-9-37-10-6-34)16-13-31-24(32-14-16)25(27,28)29/h1,4,13-14,18,20,22H,2-3,5-12,15H2,(H,30,36). The Morgan fingerprint density at radius 1 is 1.08 bits per heavy atom. The van der Waals surface area contributed by atoms with Gasteiger partial charge >= 0.3 is 6.18 Å². The number of carbonyl (C=O) groups is 1. The van der Waals surface area contributed by atoms with Crippen LogP contribution < -0.4 is 10.2 Å². The van der Waals surface area contributed by atoms with Crippen LogP contribution in [0.3, 0.4) is 0 Å². The van der Waals surface area contributed by atoms with E-state index in [1.165, 1.54) is 12.4 Å². The summed E-state index contributed by atoms with van der Waals surface area (Å²) in [4.78, 5) is 29.6. The lowest BCUT2D eigenvalue weighted by atomic mass is 9.84. The van der Waals surface area contributed by atoms with Crippen molar-refractivity contribution in [1.29, 1.82) is 0 Å². The second-order valence-corrected chi connectivity index (χ2v) is 10.1. The number of halogens is 4. The van der Waals surface area contributed by atoms with Crippen LogP contribution in [-0.2, 0) is 26.9 Å². The van der Waals surface area contributed by atoms with E-state index in [1.807, 2.05) is 12.1 Å². The number of nitrogens with zero attached hydrogens (tertiary/aromatic N) is 5. The van der Waals surface area contributed by atoms with Gasteiger partial charge in [0.15, 0.2) is 0 Å². The molecule has 0 bridgehead atoms. The average Bonchev–Trinajstić information content (AvgIpc) is 2.93. The number of rotatable bonds is 6. The fraction of sp³-hybridized carbons (Fsp3) is 0.600. The first kappa shape index (κ1) is 27.0. The van der Waals surface area contributed by atoms with Crippen molar-refractivity contribution >= 4 is 23.3 Å². The van der Waals surface area contributed by atoms with E-state index in [2.05, 4.69) is 25.1 Å². The molecule has 5 rings (SSSR count). The fourth-order valence-corrected chi connectivity index (χ4v) is 5.56. The van der Waals surface area contributed by atoms with Crippen molar-refractivity contribution in [3.05, 3.63) is 47.2 Å². The minimum absolute atomic E-state index is 0.169. The molecule has 13 heteroatoms. The number of alkyl halides is 4. The zero-order valence-electron chi connectivity index (χ0n) is 20.8. The van der Waals surface area contributed by atoms with Gasteiger partial charge in [0.05, 0.1) is 38.4 Å². The number of nitrogens with one attached hydrogen (secondary N) is 1. The Hall–Kier alpha value is -2.54. The van der Waals surface area contributed by atoms with Gasteiger partial charge in [-0.3, -0.25) is 9.69 Å². The van der Waals surface area contributed by atoms with Crippen LogP contribution >= 0.6 is 11.6 Å². The topological polar surface area (TPSA) is 92.7 Å². The van der Waals surface area contributed by atoms with Gasteiger partial charge in [0.2, 0.25) is 11.7 Å². The van der Waals surface area contributed by atoms with Crippen LogP contribution in [0.5, 0.6) is 0 Å². The van der Waals surface area contributed by atoms with Gasteiger partial charge < -0.3 is 19.7 Å². The van der Waals surface area contributed by atoms with E-state index in [-0.39, 0.29) is 12.5 Å². The van der Waals surface area contributed by atoms with Gasteiger partial charge in [-0.15, -0.1) is 11.6 Å². The van der Waals surface area contributed by atoms with Gasteiger partial charge in [-0.1, -0.05) is 6.07 Å². The highest BCUT2D eigenvalue weighted by Crippen LogP contribution is 2.36. The summed E-state index contributed by atoms with van der Waals surface area (Å²) in [6.07, 6.45) is -0.962. The number of carbonyl (C=O) groups excluding carboxylic acids is 1. The number of hydrogen-bond donors (Lipinski definition) is 1. The molecule has 206 valence electrons. The molecular formula is C25H30ClF3N6O3. The number of fused-ring (bicyclic) bond motifs is 1. The molecule has 4 heterocycles. The first-order valence-corrected chi connectivity index (χ1v) is 13.2. The summed E-state index contributed by atoms with van der Waals surface area (Å²) in [7, 11) is 0. The number of morpholine rings is 2. The Kier molecular flexibility index (Phi) is 8.32. The van der Waals surface area contributed by atoms with Gasteiger partial charge in [0.1, 0.15) is 5.82 Å². The van der Waals surface area contributed by atoms with E-state index >= 15 is 0 Å². The molecule has 2 fully saturated rings. The van der Waals surface area contributed by atoms with Crippen LogP contribution in [0.25, 0.3) is 0 Å². The molecule has 9 nitrogen and oxygen atoms in total. The second-order valence-electron chi connectivity index (χ2n) is 9.58. The van der Waals surface area contributed by atoms with Gasteiger partial charge in [-0.25, -0.2) is 15.0 Å². The zero-order chi connectivity index (χ0) is 26.7. The average molecular weight is 555 g/mol. The molecular weight excluding hydrogens is 525 g/mol. The lowest BCUT2D eigenvalue weighted by Crippen LogP contribution is -2.45. The lowest BCUT2D eigenvalue weighted by Gasteiger charge is -2.35. The number of pyridine rings is 1. The summed E-state index contributed by atoms with van der Waals surface area (Å²) < 4.78 is 49.8. The Balaban J connectivity index is 1.32. The van der Waals surface area contributed by atoms with Crippen molar-refractivity contribution in [2.24, 2.45) is 0 Å². The molecule has 0 aromatic carbocycles. The Morgan fingerprint density at radius 2 is 1.74 bits per heavy atom. The number of aromatic nitrogens is 3. The third-order valence-corrected chi connectivity index (χ3v) is 7.70. The third-order valence-electron chi connectivity index (χ3n) is 7.23. The van der Waals surface area contributed by atoms with E-state index in [9.17, 15) is 18.0 Å². The normalized spacial score (nSPS) is 23.5. The summed E-state index contributed by atoms with van der Waals surface area (Å²) in [6, 6.07) is 3.45. The highest BCUT2D eigenvalue weighted by atomic mass is 35.5. The van der Waals surface area contributed by atoms with E-state index in [1.54, 1.807) is 0 Å². The first-order chi connectivity index (χ1) is 18.3. The molecule has 0 saturated carbocycles. The number of ether oxygens (including phenoxy) is 2. The monoisotopic (exact) mass is 554 g/mol. The summed E-state index contributed by atoms with van der Waals surface area (Å²) in [6.45, 7) is 5.13. The quantitative estimate of drug-likeness (QED) is 0.545. The maximum absolute atomic E-state index is 13.5. The lowest BCUT2D eigenvalue weighted by molar-refractivity contribution is -0.145. The Bertz CT molecular complexity index is 1110. The summed E-state index contributed by atoms with van der Waals surface area (Å²) in [5, 5.41) is 2.61. The molecule has 2 aromatic heterocycles. The molecule has 1 amide bonds. The molecule has 0 radical (unpaired) electrons. The van der Waals surface area contributed by atoms with Gasteiger partial charge in [0, 0.05) is 61.8 Å². The van der Waals surface area contributed by atoms with E-state index in [0.717, 1.165) is 30.2 Å². The Morgan fingerprint density at radius 3 is 2.39 bits per heavy atom. The molecule has 3 unspecified atom stereocenters. The SMILES string of the molecule is O=C(NCC(c1cnc(C(F)(F)F)nc1)N1CCOCC1)C1c2ccc(N3CCOCC3)nc2CCC1Cl. The molecule has 2 saturated heterocycles. The zero-order valence-corrected chi connectivity index (χ0v) is 21.5. The Labute approximate surface area is 223 Å². The summed E-state index contributed by atoms with van der Waals surface area (Å²) in [5.74, 6) is -1.15. The number of amides is 1. The van der Waals surface area contributed by atoms with Crippen molar-refractivity contribution in [1.82, 2.24) is 25.2 Å². The van der Waals surface area contributed by atoms with Gasteiger partial charge in [0.25, 0.3) is 0 Å². The van der Waals surface area contributed by atoms with Crippen molar-refractivity contribution in [2.75, 3.05) is 64.1 Å². The van der Waals surface area contributed by atoms with E-state index in [4.69, 9.17) is 26.1 Å². The largest absolute Gasteiger partial charge is 0.451 e. The summed E-state index contributed by atoms with van der Waals surface area (Å²) >= 11 is 6.67. The van der Waals surface area contributed by atoms with Gasteiger partial charge in [-0.05, 0) is 24.5 Å². The highest BCUT2D eigenvalue weighted by molar-refractivity contribution is 6.23. The summed E-state index contributed by atoms with van der Waals surface area (Å²) in [5.41, 5.74) is 2.17. The van der Waals surface area contributed by atoms with E-state index < -0.39 is 29.3 Å². The van der Waals surface area contributed by atoms with Crippen LogP contribution in [0, 0.1) is 0 Å². The van der Waals surface area contributed by atoms with Crippen LogP contribution in [-0.4, -0.2) is 90.3 Å². The maximum Gasteiger partial charge on any atom is 0.451 e. The molecule has 3 atom stereocenters. The minimum Gasteiger partial charge on any atom is -0.379 e. The number of anilines is 1. The van der Waals surface area contributed by atoms with Crippen molar-refractivity contribution in [2.45, 2.75) is 36.4 Å². The van der Waals surface area contributed by atoms with Crippen molar-refractivity contribution in [3.63, 3.8) is 0 Å². The molecule has 2 aromatic rings. The van der Waals surface area contributed by atoms with Gasteiger partial charge in [-0.2, -0.15) is 13.2 Å². The molecule has 38 heavy (non-hydrogen) atoms. The molecule has 0 spiro atoms. The predicted molar refractivity (Wildman–Crippen MR) is 133 cm³/mol. The second kappa shape index (κ2) is 11.7. The molecule has 1 aliphatic carbocycles. The van der Waals surface area contributed by atoms with Crippen LogP contribution in [0.1, 0.15) is 41.0 Å². The molecule has 2 aliphatic heterocycles. The fourth-order valence-electron chi connectivity index (χ4n) is 5.20. The number of hydrogen-bond acceptors (Lipinski definition) is 8. The van der Waals surface area contributed by atoms with Crippen LogP contribution in [0.4, 0.5) is 19.0 Å². The smallest absolute Gasteiger partial charge is 0.379 e. The maximum atomic E-state index is 13.5. The first-order valence-electron chi connectivity index (χ1n) is 12.8. The highest BCUT2D eigenvalue weighted by Gasteiger charge is 2.37. The van der Waals surface area contributed by atoms with Crippen LogP contribution in [0.2, 0.25) is 0 Å². The number of aryl methyl sites for hydroxylation is 1. The van der Waals surface area contributed by atoms with Crippen LogP contribution in [0.15, 0.2) is 24.5 Å². The molecule has 3 aliphatic rings. The molecule has 1 N–H and O–H groups in total. The van der Waals surface area contributed by atoms with E-state index in [0.29, 0.717) is 57.9 Å².